The largest absolute Gasteiger partial charge is 0.417 e. The molecular weight excluding hydrogens is 358 g/mol. The molecule has 7 heteroatoms. The Kier molecular flexibility index (Phi) is 4.62. The van der Waals surface area contributed by atoms with Crippen molar-refractivity contribution in [2.24, 2.45) is 0 Å². The van der Waals surface area contributed by atoms with Crippen LogP contribution in [0.4, 0.5) is 17.6 Å². The number of aliphatic hydroxyl groups is 1. The predicted molar refractivity (Wildman–Crippen MR) is 87.5 cm³/mol. The maximum absolute atomic E-state index is 14.5. The average molecular weight is 376 g/mol. The first kappa shape index (κ1) is 18.3. The molecule has 0 amide bonds. The summed E-state index contributed by atoms with van der Waals surface area (Å²) in [4.78, 5) is 1.30. The number of alkyl halides is 4. The fourth-order valence-electron chi connectivity index (χ4n) is 3.56. The van der Waals surface area contributed by atoms with Crippen LogP contribution in [0.25, 0.3) is 0 Å². The van der Waals surface area contributed by atoms with Crippen molar-refractivity contribution < 1.29 is 22.7 Å². The third kappa shape index (κ3) is 3.42. The van der Waals surface area contributed by atoms with Gasteiger partial charge in [-0.25, -0.2) is 4.39 Å². The minimum absolute atomic E-state index is 0.150. The molecule has 1 aliphatic heterocycles. The molecule has 0 fully saturated rings. The molecule has 3 rings (SSSR count). The van der Waals surface area contributed by atoms with Crippen LogP contribution < -0.4 is 0 Å². The van der Waals surface area contributed by atoms with E-state index >= 15 is 0 Å². The molecule has 2 nitrogen and oxygen atoms in total. The minimum atomic E-state index is -4.58. The minimum Gasteiger partial charge on any atom is -0.384 e. The predicted octanol–water partition coefficient (Wildman–Crippen LogP) is 5.22. The quantitative estimate of drug-likeness (QED) is 0.566. The zero-order chi connectivity index (χ0) is 18.4. The van der Waals surface area contributed by atoms with E-state index in [1.165, 1.54) is 23.1 Å². The van der Waals surface area contributed by atoms with Gasteiger partial charge in [0.2, 0.25) is 0 Å². The fraction of sp³-hybridized carbons (Fsp3) is 0.444. The third-order valence-corrected chi connectivity index (χ3v) is 5.14. The lowest BCUT2D eigenvalue weighted by Gasteiger charge is -2.43. The summed E-state index contributed by atoms with van der Waals surface area (Å²) >= 11 is 5.94. The van der Waals surface area contributed by atoms with Crippen molar-refractivity contribution in [3.8, 4) is 0 Å². The van der Waals surface area contributed by atoms with Crippen LogP contribution in [-0.4, -0.2) is 21.9 Å². The summed E-state index contributed by atoms with van der Waals surface area (Å²) in [7, 11) is 0. The Labute approximate surface area is 148 Å². The van der Waals surface area contributed by atoms with Crippen LogP contribution in [0.5, 0.6) is 0 Å². The number of hydrogen-bond acceptors (Lipinski definition) is 2. The summed E-state index contributed by atoms with van der Waals surface area (Å²) in [6, 6.07) is 3.60. The van der Waals surface area contributed by atoms with Gasteiger partial charge in [-0.05, 0) is 49.5 Å². The summed E-state index contributed by atoms with van der Waals surface area (Å²) in [5.74, 6) is 0. The van der Waals surface area contributed by atoms with Gasteiger partial charge in [0.1, 0.15) is 5.60 Å². The molecule has 0 spiro atoms. The molecule has 136 valence electrons. The molecule has 0 radical (unpaired) electrons. The maximum Gasteiger partial charge on any atom is 0.417 e. The summed E-state index contributed by atoms with van der Waals surface area (Å²) in [5, 5.41) is 10.2. The van der Waals surface area contributed by atoms with Crippen molar-refractivity contribution in [3.63, 3.8) is 0 Å². The van der Waals surface area contributed by atoms with Crippen LogP contribution in [0.2, 0.25) is 5.02 Å². The van der Waals surface area contributed by atoms with Crippen LogP contribution in [0.3, 0.4) is 0 Å². The van der Waals surface area contributed by atoms with E-state index in [1.54, 1.807) is 13.0 Å². The van der Waals surface area contributed by atoms with Crippen molar-refractivity contribution in [2.45, 2.75) is 50.8 Å². The van der Waals surface area contributed by atoms with E-state index in [0.29, 0.717) is 18.5 Å². The second-order valence-corrected chi connectivity index (χ2v) is 7.02. The van der Waals surface area contributed by atoms with E-state index in [0.717, 1.165) is 18.1 Å². The lowest BCUT2D eigenvalue weighted by atomic mass is 9.82. The highest BCUT2D eigenvalue weighted by Crippen LogP contribution is 2.42. The molecule has 0 saturated heterocycles. The zero-order valence-electron chi connectivity index (χ0n) is 13.6. The molecular formula is C18H18ClF4NO. The Morgan fingerprint density at radius 1 is 1.36 bits per heavy atom. The van der Waals surface area contributed by atoms with Gasteiger partial charge in [0.25, 0.3) is 0 Å². The summed E-state index contributed by atoms with van der Waals surface area (Å²) in [6.07, 6.45) is -1.18. The monoisotopic (exact) mass is 375 g/mol. The van der Waals surface area contributed by atoms with Gasteiger partial charge in [0.15, 0.2) is 6.30 Å². The number of hydrogen-bond donors (Lipinski definition) is 1. The van der Waals surface area contributed by atoms with Gasteiger partial charge in [-0.15, -0.1) is 0 Å². The van der Waals surface area contributed by atoms with Gasteiger partial charge in [0, 0.05) is 6.54 Å². The van der Waals surface area contributed by atoms with Crippen LogP contribution in [0.15, 0.2) is 41.6 Å². The van der Waals surface area contributed by atoms with Gasteiger partial charge < -0.3 is 10.0 Å². The van der Waals surface area contributed by atoms with Gasteiger partial charge in [-0.1, -0.05) is 29.8 Å². The molecule has 1 aliphatic carbocycles. The van der Waals surface area contributed by atoms with Crippen LogP contribution in [0.1, 0.15) is 37.3 Å². The molecule has 0 aromatic heterocycles. The molecule has 0 saturated carbocycles. The smallest absolute Gasteiger partial charge is 0.384 e. The highest BCUT2D eigenvalue weighted by atomic mass is 35.5. The second-order valence-electron chi connectivity index (χ2n) is 6.64. The van der Waals surface area contributed by atoms with Crippen molar-refractivity contribution in [1.82, 2.24) is 4.90 Å². The first-order valence-electron chi connectivity index (χ1n) is 8.01. The summed E-state index contributed by atoms with van der Waals surface area (Å²) in [5.41, 5.74) is -0.756. The van der Waals surface area contributed by atoms with Gasteiger partial charge in [-0.2, -0.15) is 13.2 Å². The molecule has 2 atom stereocenters. The van der Waals surface area contributed by atoms with Gasteiger partial charge >= 0.3 is 6.18 Å². The summed E-state index contributed by atoms with van der Waals surface area (Å²) < 4.78 is 53.7. The Hall–Kier alpha value is -1.53. The SMILES string of the molecule is CC1(O)CCCC2=C1N(Cc1cccc(C(F)(F)F)c1Cl)C(F)C=C2. The summed E-state index contributed by atoms with van der Waals surface area (Å²) in [6.45, 7) is 1.46. The number of rotatable bonds is 2. The highest BCUT2D eigenvalue weighted by Gasteiger charge is 2.40. The van der Waals surface area contributed by atoms with Gasteiger partial charge in [-0.3, -0.25) is 0 Å². The molecule has 1 N–H and O–H groups in total. The van der Waals surface area contributed by atoms with Crippen LogP contribution in [0, 0.1) is 0 Å². The number of allylic oxidation sites excluding steroid dienone is 2. The average Bonchev–Trinajstić information content (AvgIpc) is 2.50. The van der Waals surface area contributed by atoms with Gasteiger partial charge in [0.05, 0.1) is 16.3 Å². The lowest BCUT2D eigenvalue weighted by Crippen LogP contribution is -2.45. The molecule has 1 heterocycles. The molecule has 0 bridgehead atoms. The first-order chi connectivity index (χ1) is 11.6. The normalized spacial score (nSPS) is 26.8. The standard InChI is InChI=1S/C18H18ClF4NO/c1-17(25)9-3-5-11-7-8-14(20)24(16(11)17)10-12-4-2-6-13(15(12)19)18(21,22)23/h2,4,6-8,14,25H,3,5,9-10H2,1H3. The topological polar surface area (TPSA) is 23.5 Å². The third-order valence-electron chi connectivity index (χ3n) is 4.69. The zero-order valence-corrected chi connectivity index (χ0v) is 14.3. The maximum atomic E-state index is 14.5. The highest BCUT2D eigenvalue weighted by molar-refractivity contribution is 6.32. The van der Waals surface area contributed by atoms with E-state index in [-0.39, 0.29) is 12.1 Å². The Morgan fingerprint density at radius 3 is 2.76 bits per heavy atom. The lowest BCUT2D eigenvalue weighted by molar-refractivity contribution is -0.137. The molecule has 1 aromatic rings. The van der Waals surface area contributed by atoms with Crippen LogP contribution in [-0.2, 0) is 12.7 Å². The van der Waals surface area contributed by atoms with Crippen LogP contribution >= 0.6 is 11.6 Å². The number of benzene rings is 1. The molecule has 2 aliphatic rings. The second kappa shape index (κ2) is 6.32. The van der Waals surface area contributed by atoms with E-state index in [2.05, 4.69) is 0 Å². The number of halogens is 5. The van der Waals surface area contributed by atoms with Crippen molar-refractivity contribution >= 4 is 11.6 Å². The van der Waals surface area contributed by atoms with E-state index in [9.17, 15) is 22.7 Å². The first-order valence-corrected chi connectivity index (χ1v) is 8.38. The fourth-order valence-corrected chi connectivity index (χ4v) is 3.85. The Balaban J connectivity index is 2.00. The van der Waals surface area contributed by atoms with E-state index in [4.69, 9.17) is 11.6 Å². The van der Waals surface area contributed by atoms with Crippen molar-refractivity contribution in [1.29, 1.82) is 0 Å². The van der Waals surface area contributed by atoms with Crippen molar-refractivity contribution in [3.05, 3.63) is 57.8 Å². The number of nitrogens with zero attached hydrogens (tertiary/aromatic N) is 1. The Bertz CT molecular complexity index is 739. The Morgan fingerprint density at radius 2 is 2.08 bits per heavy atom. The molecule has 2 unspecified atom stereocenters. The van der Waals surface area contributed by atoms with Crippen molar-refractivity contribution in [2.75, 3.05) is 0 Å². The van der Waals surface area contributed by atoms with E-state index < -0.39 is 28.7 Å². The molecule has 25 heavy (non-hydrogen) atoms. The van der Waals surface area contributed by atoms with E-state index in [1.807, 2.05) is 0 Å². The molecule has 1 aromatic carbocycles.